The summed E-state index contributed by atoms with van der Waals surface area (Å²) in [5, 5.41) is 13.1. The minimum absolute atomic E-state index is 0.0197. The van der Waals surface area contributed by atoms with Gasteiger partial charge in [0, 0.05) is 10.6 Å². The van der Waals surface area contributed by atoms with Gasteiger partial charge in [-0.3, -0.25) is 10.2 Å². The maximum absolute atomic E-state index is 13.0. The van der Waals surface area contributed by atoms with E-state index in [4.69, 9.17) is 23.2 Å². The number of anilines is 1. The van der Waals surface area contributed by atoms with E-state index in [2.05, 4.69) is 26.2 Å². The second-order valence-electron chi connectivity index (χ2n) is 7.33. The van der Waals surface area contributed by atoms with E-state index in [9.17, 15) is 9.18 Å². The third-order valence-corrected chi connectivity index (χ3v) is 5.44. The van der Waals surface area contributed by atoms with Crippen LogP contribution in [-0.2, 0) is 0 Å². The van der Waals surface area contributed by atoms with E-state index in [1.165, 1.54) is 24.3 Å². The molecule has 0 aliphatic rings. The largest absolute Gasteiger partial charge is 0.291 e. The second-order valence-corrected chi connectivity index (χ2v) is 8.12. The number of hydrazone groups is 2. The molecule has 176 valence electrons. The highest BCUT2D eigenvalue weighted by atomic mass is 35.5. The summed E-state index contributed by atoms with van der Waals surface area (Å²) in [5.41, 5.74) is 8.44. The fourth-order valence-electron chi connectivity index (χ4n) is 3.04. The third kappa shape index (κ3) is 6.11. The van der Waals surface area contributed by atoms with E-state index < -0.39 is 5.91 Å². The first-order valence-corrected chi connectivity index (χ1v) is 11.2. The van der Waals surface area contributed by atoms with Gasteiger partial charge in [0.15, 0.2) is 10.9 Å². The van der Waals surface area contributed by atoms with Crippen molar-refractivity contribution in [2.45, 2.75) is 6.92 Å². The van der Waals surface area contributed by atoms with Crippen molar-refractivity contribution < 1.29 is 9.18 Å². The molecule has 0 saturated heterocycles. The van der Waals surface area contributed by atoms with Gasteiger partial charge in [-0.15, -0.1) is 0 Å². The molecule has 0 radical (unpaired) electrons. The van der Waals surface area contributed by atoms with Gasteiger partial charge in [-0.1, -0.05) is 53.5 Å². The summed E-state index contributed by atoms with van der Waals surface area (Å²) in [6, 6.07) is 24.0. The van der Waals surface area contributed by atoms with Crippen LogP contribution in [-0.4, -0.2) is 26.6 Å². The van der Waals surface area contributed by atoms with Gasteiger partial charge in [0.2, 0.25) is 0 Å². The number of rotatable bonds is 7. The predicted octanol–water partition coefficient (Wildman–Crippen LogP) is 6.10. The number of hydrogen-bond acceptors (Lipinski definition) is 5. The summed E-state index contributed by atoms with van der Waals surface area (Å²) >= 11 is 12.2. The van der Waals surface area contributed by atoms with Crippen molar-refractivity contribution in [2.24, 2.45) is 10.2 Å². The lowest BCUT2D eigenvalue weighted by molar-refractivity contribution is 0.0949. The summed E-state index contributed by atoms with van der Waals surface area (Å²) in [7, 11) is 0. The molecule has 0 unspecified atom stereocenters. The number of para-hydroxylation sites is 1. The molecule has 10 heteroatoms. The Morgan fingerprint density at radius 3 is 2.34 bits per heavy atom. The maximum Gasteiger partial charge on any atom is 0.291 e. The van der Waals surface area contributed by atoms with Crippen molar-refractivity contribution >= 4 is 45.7 Å². The molecule has 0 aliphatic heterocycles. The zero-order chi connectivity index (χ0) is 24.8. The molecule has 1 heterocycles. The van der Waals surface area contributed by atoms with Gasteiger partial charge in [0.05, 0.1) is 22.8 Å². The zero-order valence-electron chi connectivity index (χ0n) is 18.4. The van der Waals surface area contributed by atoms with Crippen molar-refractivity contribution in [3.63, 3.8) is 0 Å². The molecule has 2 N–H and O–H groups in total. The molecule has 1 aromatic heterocycles. The fraction of sp³-hybridized carbons (Fsp3) is 0.0400. The predicted molar refractivity (Wildman–Crippen MR) is 138 cm³/mol. The van der Waals surface area contributed by atoms with E-state index in [0.717, 1.165) is 11.3 Å². The molecule has 3 aromatic carbocycles. The quantitative estimate of drug-likeness (QED) is 0.233. The SMILES string of the molecule is CC(=N/NC(=O)c1cc(-c2ccc(Cl)cc2)n(-c2ccccc2)n1)/C(Cl)=N\Nc1ccc(F)cc1. The number of amides is 1. The Hall–Kier alpha value is -4.01. The second kappa shape index (κ2) is 10.9. The van der Waals surface area contributed by atoms with Crippen LogP contribution in [0, 0.1) is 5.82 Å². The highest BCUT2D eigenvalue weighted by Crippen LogP contribution is 2.25. The Bertz CT molecular complexity index is 1380. The highest BCUT2D eigenvalue weighted by molar-refractivity contribution is 6.83. The van der Waals surface area contributed by atoms with Gasteiger partial charge >= 0.3 is 0 Å². The molecular weight excluding hydrogens is 490 g/mol. The van der Waals surface area contributed by atoms with Gasteiger partial charge < -0.3 is 0 Å². The Balaban J connectivity index is 1.53. The zero-order valence-corrected chi connectivity index (χ0v) is 19.9. The van der Waals surface area contributed by atoms with Gasteiger partial charge in [0.1, 0.15) is 5.82 Å². The molecule has 0 spiro atoms. The Morgan fingerprint density at radius 2 is 1.66 bits per heavy atom. The van der Waals surface area contributed by atoms with E-state index in [-0.39, 0.29) is 22.4 Å². The van der Waals surface area contributed by atoms with Crippen LogP contribution in [0.2, 0.25) is 5.02 Å². The monoisotopic (exact) mass is 508 g/mol. The smallest absolute Gasteiger partial charge is 0.277 e. The van der Waals surface area contributed by atoms with Crippen molar-refractivity contribution in [3.05, 3.63) is 101 Å². The first-order chi connectivity index (χ1) is 16.9. The summed E-state index contributed by atoms with van der Waals surface area (Å²) in [6.45, 7) is 1.58. The molecule has 0 saturated carbocycles. The number of carbonyl (C=O) groups is 1. The van der Waals surface area contributed by atoms with Crippen LogP contribution in [0.15, 0.2) is 95.1 Å². The summed E-state index contributed by atoms with van der Waals surface area (Å²) < 4.78 is 14.7. The van der Waals surface area contributed by atoms with Gasteiger partial charge in [0.25, 0.3) is 5.91 Å². The third-order valence-electron chi connectivity index (χ3n) is 4.83. The Kier molecular flexibility index (Phi) is 7.54. The molecule has 0 aliphatic carbocycles. The van der Waals surface area contributed by atoms with Crippen LogP contribution < -0.4 is 10.9 Å². The van der Waals surface area contributed by atoms with Gasteiger partial charge in [-0.2, -0.15) is 15.3 Å². The number of aromatic nitrogens is 2. The Labute approximate surface area is 210 Å². The van der Waals surface area contributed by atoms with E-state index in [1.54, 1.807) is 29.8 Å². The first kappa shape index (κ1) is 24.1. The van der Waals surface area contributed by atoms with Crippen LogP contribution in [0.4, 0.5) is 10.1 Å². The van der Waals surface area contributed by atoms with Crippen LogP contribution in [0.5, 0.6) is 0 Å². The van der Waals surface area contributed by atoms with Crippen molar-refractivity contribution in [1.82, 2.24) is 15.2 Å². The minimum atomic E-state index is -0.523. The number of nitrogens with one attached hydrogen (secondary N) is 2. The lowest BCUT2D eigenvalue weighted by atomic mass is 10.1. The average Bonchev–Trinajstić information content (AvgIpc) is 3.33. The van der Waals surface area contributed by atoms with E-state index in [0.29, 0.717) is 16.4 Å². The van der Waals surface area contributed by atoms with Crippen LogP contribution in [0.25, 0.3) is 16.9 Å². The van der Waals surface area contributed by atoms with E-state index in [1.807, 2.05) is 42.5 Å². The molecule has 0 fully saturated rings. The van der Waals surface area contributed by atoms with Crippen molar-refractivity contribution in [1.29, 1.82) is 0 Å². The van der Waals surface area contributed by atoms with Crippen molar-refractivity contribution in [3.8, 4) is 16.9 Å². The number of nitrogens with zero attached hydrogens (tertiary/aromatic N) is 4. The fourth-order valence-corrected chi connectivity index (χ4v) is 3.25. The maximum atomic E-state index is 13.0. The summed E-state index contributed by atoms with van der Waals surface area (Å²) in [4.78, 5) is 12.8. The van der Waals surface area contributed by atoms with Crippen molar-refractivity contribution in [2.75, 3.05) is 5.43 Å². The average molecular weight is 509 g/mol. The standard InChI is InChI=1S/C25H19Cl2FN6O/c1-16(24(27)31-30-20-13-11-19(28)12-14-20)29-32-25(35)22-15-23(17-7-9-18(26)10-8-17)34(33-22)21-5-3-2-4-6-21/h2-15,30H,1H3,(H,32,35)/b29-16-,31-24+. The van der Waals surface area contributed by atoms with E-state index >= 15 is 0 Å². The molecule has 0 bridgehead atoms. The summed E-state index contributed by atoms with van der Waals surface area (Å²) in [5.74, 6) is -0.884. The lowest BCUT2D eigenvalue weighted by Crippen LogP contribution is -2.21. The molecule has 4 rings (SSSR count). The summed E-state index contributed by atoms with van der Waals surface area (Å²) in [6.07, 6.45) is 0. The molecular formula is C25H19Cl2FN6O. The number of hydrogen-bond donors (Lipinski definition) is 2. The number of benzene rings is 3. The highest BCUT2D eigenvalue weighted by Gasteiger charge is 2.17. The van der Waals surface area contributed by atoms with Gasteiger partial charge in [-0.25, -0.2) is 14.5 Å². The number of carbonyl (C=O) groups excluding carboxylic acids is 1. The molecule has 7 nitrogen and oxygen atoms in total. The Morgan fingerprint density at radius 1 is 0.971 bits per heavy atom. The van der Waals surface area contributed by atoms with Gasteiger partial charge in [-0.05, 0) is 61.5 Å². The number of halogens is 3. The molecule has 4 aromatic rings. The van der Waals surface area contributed by atoms with Crippen LogP contribution >= 0.6 is 23.2 Å². The minimum Gasteiger partial charge on any atom is -0.277 e. The lowest BCUT2D eigenvalue weighted by Gasteiger charge is -2.07. The topological polar surface area (TPSA) is 83.7 Å². The normalized spacial score (nSPS) is 11.9. The first-order valence-electron chi connectivity index (χ1n) is 10.4. The van der Waals surface area contributed by atoms with Crippen LogP contribution in [0.3, 0.4) is 0 Å². The molecule has 1 amide bonds. The molecule has 35 heavy (non-hydrogen) atoms. The molecule has 0 atom stereocenters. The van der Waals surface area contributed by atoms with Crippen LogP contribution in [0.1, 0.15) is 17.4 Å².